The number of nitro benzene ring substituents is 1. The molecule has 0 unspecified atom stereocenters. The number of oxime groups is 1. The van der Waals surface area contributed by atoms with Gasteiger partial charge in [0.15, 0.2) is 0 Å². The minimum atomic E-state index is -0.968. The SMILES string of the molecule is O=C(O)CCNc1ccc([N+](=O)[O-])cc1/C(=N/O)c1ccccc1. The summed E-state index contributed by atoms with van der Waals surface area (Å²) in [6.07, 6.45) is -0.118. The van der Waals surface area contributed by atoms with E-state index >= 15 is 0 Å². The number of carboxylic acids is 1. The molecule has 0 bridgehead atoms. The molecule has 0 spiro atoms. The lowest BCUT2D eigenvalue weighted by molar-refractivity contribution is -0.384. The molecule has 8 heteroatoms. The van der Waals surface area contributed by atoms with Crippen LogP contribution in [0.3, 0.4) is 0 Å². The van der Waals surface area contributed by atoms with Crippen molar-refractivity contribution in [3.63, 3.8) is 0 Å². The molecular weight excluding hydrogens is 314 g/mol. The first-order chi connectivity index (χ1) is 11.5. The van der Waals surface area contributed by atoms with Gasteiger partial charge in [0, 0.05) is 35.5 Å². The van der Waals surface area contributed by atoms with Gasteiger partial charge in [0.25, 0.3) is 5.69 Å². The van der Waals surface area contributed by atoms with E-state index in [2.05, 4.69) is 10.5 Å². The molecule has 2 aromatic carbocycles. The van der Waals surface area contributed by atoms with Crippen molar-refractivity contribution in [2.45, 2.75) is 6.42 Å². The summed E-state index contributed by atoms with van der Waals surface area (Å²) in [6, 6.07) is 12.7. The lowest BCUT2D eigenvalue weighted by Crippen LogP contribution is -2.12. The van der Waals surface area contributed by atoms with Crippen molar-refractivity contribution >= 4 is 23.1 Å². The molecule has 0 saturated carbocycles. The number of carboxylic acid groups (broad SMARTS) is 1. The highest BCUT2D eigenvalue weighted by Gasteiger charge is 2.17. The van der Waals surface area contributed by atoms with E-state index < -0.39 is 10.9 Å². The van der Waals surface area contributed by atoms with Crippen LogP contribution >= 0.6 is 0 Å². The van der Waals surface area contributed by atoms with Gasteiger partial charge in [-0.2, -0.15) is 0 Å². The number of nitrogens with zero attached hydrogens (tertiary/aromatic N) is 2. The molecule has 0 saturated heterocycles. The number of rotatable bonds is 7. The molecule has 0 fully saturated rings. The van der Waals surface area contributed by atoms with E-state index in [-0.39, 0.29) is 24.4 Å². The number of hydrogen-bond donors (Lipinski definition) is 3. The smallest absolute Gasteiger partial charge is 0.305 e. The topological polar surface area (TPSA) is 125 Å². The normalized spacial score (nSPS) is 11.1. The van der Waals surface area contributed by atoms with E-state index in [4.69, 9.17) is 5.11 Å². The van der Waals surface area contributed by atoms with Crippen molar-refractivity contribution in [3.8, 4) is 0 Å². The van der Waals surface area contributed by atoms with E-state index in [9.17, 15) is 20.1 Å². The molecule has 0 atom stereocenters. The van der Waals surface area contributed by atoms with Crippen LogP contribution in [0.5, 0.6) is 0 Å². The maximum Gasteiger partial charge on any atom is 0.305 e. The van der Waals surface area contributed by atoms with E-state index in [1.54, 1.807) is 30.3 Å². The number of non-ortho nitro benzene ring substituents is 1. The van der Waals surface area contributed by atoms with Crippen LogP contribution in [0.1, 0.15) is 17.5 Å². The number of nitrogens with one attached hydrogen (secondary N) is 1. The van der Waals surface area contributed by atoms with Crippen LogP contribution in [0.15, 0.2) is 53.7 Å². The van der Waals surface area contributed by atoms with Crippen molar-refractivity contribution in [1.29, 1.82) is 0 Å². The first kappa shape index (κ1) is 16.9. The van der Waals surface area contributed by atoms with Gasteiger partial charge in [-0.15, -0.1) is 0 Å². The van der Waals surface area contributed by atoms with Gasteiger partial charge in [-0.1, -0.05) is 35.5 Å². The standard InChI is InChI=1S/C16H15N3O5/c20-15(21)8-9-17-14-7-6-12(19(23)24)10-13(14)16(18-22)11-4-2-1-3-5-11/h1-7,10,17,22H,8-9H2,(H,20,21)/b18-16+. The minimum absolute atomic E-state index is 0.118. The molecule has 24 heavy (non-hydrogen) atoms. The number of hydrogen-bond acceptors (Lipinski definition) is 6. The van der Waals surface area contributed by atoms with Gasteiger partial charge in [-0.3, -0.25) is 14.9 Å². The average molecular weight is 329 g/mol. The Labute approximate surface area is 137 Å². The summed E-state index contributed by atoms with van der Waals surface area (Å²) in [5, 5.41) is 35.3. The van der Waals surface area contributed by atoms with Crippen molar-refractivity contribution in [1.82, 2.24) is 0 Å². The molecule has 124 valence electrons. The molecule has 0 heterocycles. The fraction of sp³-hybridized carbons (Fsp3) is 0.125. The van der Waals surface area contributed by atoms with E-state index in [1.807, 2.05) is 0 Å². The Morgan fingerprint density at radius 2 is 1.92 bits per heavy atom. The molecular formula is C16H15N3O5. The van der Waals surface area contributed by atoms with Crippen molar-refractivity contribution in [2.24, 2.45) is 5.16 Å². The Bertz CT molecular complexity index is 775. The summed E-state index contributed by atoms with van der Waals surface area (Å²) in [7, 11) is 0. The molecule has 2 rings (SSSR count). The number of nitro groups is 1. The quantitative estimate of drug-likeness (QED) is 0.310. The summed E-state index contributed by atoms with van der Waals surface area (Å²) < 4.78 is 0. The van der Waals surface area contributed by atoms with Crippen LogP contribution in [0.2, 0.25) is 0 Å². The maximum absolute atomic E-state index is 11.0. The van der Waals surface area contributed by atoms with E-state index in [0.29, 0.717) is 16.8 Å². The lowest BCUT2D eigenvalue weighted by atomic mass is 10.00. The minimum Gasteiger partial charge on any atom is -0.481 e. The first-order valence-corrected chi connectivity index (χ1v) is 7.05. The van der Waals surface area contributed by atoms with Gasteiger partial charge < -0.3 is 15.6 Å². The third-order valence-electron chi connectivity index (χ3n) is 3.27. The lowest BCUT2D eigenvalue weighted by Gasteiger charge is -2.13. The van der Waals surface area contributed by atoms with Crippen molar-refractivity contribution in [2.75, 3.05) is 11.9 Å². The fourth-order valence-corrected chi connectivity index (χ4v) is 2.16. The predicted molar refractivity (Wildman–Crippen MR) is 87.7 cm³/mol. The molecule has 3 N–H and O–H groups in total. The summed E-state index contributed by atoms with van der Waals surface area (Å²) in [4.78, 5) is 21.1. The predicted octanol–water partition coefficient (Wildman–Crippen LogP) is 2.71. The second kappa shape index (κ2) is 7.73. The van der Waals surface area contributed by atoms with Crippen molar-refractivity contribution < 1.29 is 20.0 Å². The monoisotopic (exact) mass is 329 g/mol. The Hall–Kier alpha value is -3.42. The summed E-state index contributed by atoms with van der Waals surface area (Å²) >= 11 is 0. The highest BCUT2D eigenvalue weighted by molar-refractivity contribution is 6.16. The zero-order valence-corrected chi connectivity index (χ0v) is 12.5. The first-order valence-electron chi connectivity index (χ1n) is 7.05. The Morgan fingerprint density at radius 3 is 2.50 bits per heavy atom. The second-order valence-corrected chi connectivity index (χ2v) is 4.87. The number of benzene rings is 2. The van der Waals surface area contributed by atoms with Gasteiger partial charge in [-0.25, -0.2) is 0 Å². The second-order valence-electron chi connectivity index (χ2n) is 4.87. The van der Waals surface area contributed by atoms with Crippen LogP contribution in [0.25, 0.3) is 0 Å². The third kappa shape index (κ3) is 4.07. The molecule has 0 aliphatic heterocycles. The fourth-order valence-electron chi connectivity index (χ4n) is 2.16. The Kier molecular flexibility index (Phi) is 5.45. The molecule has 0 aliphatic rings. The van der Waals surface area contributed by atoms with Crippen LogP contribution < -0.4 is 5.32 Å². The summed E-state index contributed by atoms with van der Waals surface area (Å²) in [5.74, 6) is -0.968. The van der Waals surface area contributed by atoms with Crippen LogP contribution in [-0.4, -0.2) is 33.5 Å². The van der Waals surface area contributed by atoms with Crippen LogP contribution in [-0.2, 0) is 4.79 Å². The van der Waals surface area contributed by atoms with Gasteiger partial charge in [0.05, 0.1) is 11.3 Å². The van der Waals surface area contributed by atoms with Crippen LogP contribution in [0.4, 0.5) is 11.4 Å². The molecule has 2 aromatic rings. The highest BCUT2D eigenvalue weighted by Crippen LogP contribution is 2.25. The van der Waals surface area contributed by atoms with Gasteiger partial charge in [0.1, 0.15) is 5.71 Å². The summed E-state index contributed by atoms with van der Waals surface area (Å²) in [5.41, 5.74) is 1.31. The summed E-state index contributed by atoms with van der Waals surface area (Å²) in [6.45, 7) is 0.133. The number of aliphatic carboxylic acids is 1. The van der Waals surface area contributed by atoms with Gasteiger partial charge in [-0.05, 0) is 6.07 Å². The molecule has 0 amide bonds. The van der Waals surface area contributed by atoms with Crippen molar-refractivity contribution in [3.05, 3.63) is 69.8 Å². The zero-order chi connectivity index (χ0) is 17.5. The molecule has 0 aromatic heterocycles. The third-order valence-corrected chi connectivity index (χ3v) is 3.27. The number of carbonyl (C=O) groups is 1. The van der Waals surface area contributed by atoms with Gasteiger partial charge in [0.2, 0.25) is 0 Å². The van der Waals surface area contributed by atoms with E-state index in [1.165, 1.54) is 18.2 Å². The zero-order valence-electron chi connectivity index (χ0n) is 12.5. The molecule has 8 nitrogen and oxygen atoms in total. The Morgan fingerprint density at radius 1 is 1.21 bits per heavy atom. The Balaban J connectivity index is 2.45. The maximum atomic E-state index is 11.0. The molecule has 0 aliphatic carbocycles. The molecule has 0 radical (unpaired) electrons. The highest BCUT2D eigenvalue weighted by atomic mass is 16.6. The number of anilines is 1. The van der Waals surface area contributed by atoms with Gasteiger partial charge >= 0.3 is 5.97 Å². The largest absolute Gasteiger partial charge is 0.481 e. The average Bonchev–Trinajstić information content (AvgIpc) is 2.57. The van der Waals surface area contributed by atoms with Crippen LogP contribution in [0, 0.1) is 10.1 Å². The van der Waals surface area contributed by atoms with E-state index in [0.717, 1.165) is 0 Å².